The molecule has 554 valence electrons. The lowest BCUT2D eigenvalue weighted by Gasteiger charge is -2.51. The first-order valence-electron chi connectivity index (χ1n) is 35.9. The Kier molecular flexibility index (Phi) is 28.2. The van der Waals surface area contributed by atoms with Gasteiger partial charge in [-0.05, 0) is 63.9 Å². The van der Waals surface area contributed by atoms with E-state index in [2.05, 4.69) is 20.8 Å². The van der Waals surface area contributed by atoms with Gasteiger partial charge in [0.05, 0.1) is 88.9 Å². The van der Waals surface area contributed by atoms with Gasteiger partial charge in [0.15, 0.2) is 43.5 Å². The molecule has 4 aliphatic rings. The summed E-state index contributed by atoms with van der Waals surface area (Å²) in [6.45, 7) is 13.2. The van der Waals surface area contributed by atoms with Gasteiger partial charge in [0, 0.05) is 36.8 Å². The van der Waals surface area contributed by atoms with Crippen molar-refractivity contribution in [2.45, 2.75) is 161 Å². The molecule has 0 aliphatic carbocycles. The number of aliphatic hydroxyl groups is 1. The zero-order chi connectivity index (χ0) is 72.9. The van der Waals surface area contributed by atoms with Crippen LogP contribution in [0.15, 0.2) is 212 Å². The predicted octanol–water partition coefficient (Wildman–Crippen LogP) is 12.3. The molecule has 21 nitrogen and oxygen atoms in total. The summed E-state index contributed by atoms with van der Waals surface area (Å²) < 4.78 is 99.4. The van der Waals surface area contributed by atoms with Crippen LogP contribution in [0, 0.1) is 35.5 Å². The number of benzene rings is 7. The molecule has 0 saturated carbocycles. The van der Waals surface area contributed by atoms with Crippen molar-refractivity contribution in [1.82, 2.24) is 4.90 Å². The topological polar surface area (TPSA) is 230 Å². The molecule has 0 radical (unpaired) electrons. The van der Waals surface area contributed by atoms with Gasteiger partial charge in [-0.3, -0.25) is 0 Å². The molecule has 0 spiro atoms. The Morgan fingerprint density at radius 1 is 0.394 bits per heavy atom. The van der Waals surface area contributed by atoms with E-state index in [0.717, 1.165) is 27.8 Å². The van der Waals surface area contributed by atoms with Gasteiger partial charge in [-0.25, -0.2) is 19.2 Å². The van der Waals surface area contributed by atoms with Crippen LogP contribution in [-0.2, 0) is 109 Å². The average Bonchev–Trinajstić information content (AvgIpc) is 0.769. The fourth-order valence-corrected chi connectivity index (χ4v) is 13.6. The van der Waals surface area contributed by atoms with Crippen molar-refractivity contribution in [1.29, 1.82) is 0 Å². The number of rotatable bonds is 31. The van der Waals surface area contributed by atoms with E-state index >= 15 is 0 Å². The van der Waals surface area contributed by atoms with Crippen LogP contribution in [0.4, 0.5) is 4.79 Å². The lowest BCUT2D eigenvalue weighted by molar-refractivity contribution is -0.371. The standard InChI is InChI=1S/C83H97NO20/c1-53-55(3)79(94-44-43-84(45-59-29-15-8-16-30-59)83(89)95-49-63-37-23-12-24-38-63)96-66(50-91-46-60-31-17-9-18-32-60)70(53)101-80-56(4)54(2)71(67(97-80)51-92-47-61-33-19-10-20-34-61)102-81-74(100-77(87)65-41-27-14-28-42-65)58(6)72(68(98-81)52-93-48-62-35-21-11-22-36-62)103-82-73(99-76(86)64-39-25-13-26-40-64)57(5)69(85)75(104-82)78(88)90-7/h8-42,53-58,66-75,79-82,85H,43-52H2,1-7H3/t53-,54-,55?,56?,57+,58+,66?,67?,68?,69+,70-,71+,72+,73?,74?,75?,79+,80-,81+,82-/m1/s1. The van der Waals surface area contributed by atoms with Crippen molar-refractivity contribution < 1.29 is 95.3 Å². The second-order valence-electron chi connectivity index (χ2n) is 27.3. The van der Waals surface area contributed by atoms with Crippen molar-refractivity contribution in [3.05, 3.63) is 251 Å². The minimum absolute atomic E-state index is 0.0177. The second kappa shape index (κ2) is 38.1. The summed E-state index contributed by atoms with van der Waals surface area (Å²) in [5.41, 5.74) is 5.08. The largest absolute Gasteiger partial charge is 0.467 e. The van der Waals surface area contributed by atoms with Gasteiger partial charge >= 0.3 is 24.0 Å². The van der Waals surface area contributed by atoms with E-state index in [1.165, 1.54) is 7.11 Å². The molecule has 4 fully saturated rings. The van der Waals surface area contributed by atoms with Crippen molar-refractivity contribution >= 4 is 24.0 Å². The van der Waals surface area contributed by atoms with Crippen LogP contribution in [0.25, 0.3) is 0 Å². The molecular weight excluding hydrogens is 1330 g/mol. The van der Waals surface area contributed by atoms with Crippen LogP contribution in [0.1, 0.15) is 90.1 Å². The summed E-state index contributed by atoms with van der Waals surface area (Å²) in [5, 5.41) is 11.6. The Bertz CT molecular complexity index is 3720. The zero-order valence-electron chi connectivity index (χ0n) is 60.0. The first kappa shape index (κ1) is 76.9. The van der Waals surface area contributed by atoms with E-state index < -0.39 is 128 Å². The minimum atomic E-state index is -1.56. The molecule has 1 amide bonds. The van der Waals surface area contributed by atoms with Crippen molar-refractivity contribution in [3.63, 3.8) is 0 Å². The Hall–Kier alpha value is -8.26. The number of hydrogen-bond donors (Lipinski definition) is 1. The lowest BCUT2D eigenvalue weighted by Crippen LogP contribution is -2.64. The highest BCUT2D eigenvalue weighted by Crippen LogP contribution is 2.43. The molecule has 7 aromatic rings. The molecule has 4 aliphatic heterocycles. The zero-order valence-corrected chi connectivity index (χ0v) is 60.0. The van der Waals surface area contributed by atoms with E-state index in [1.807, 2.05) is 166 Å². The van der Waals surface area contributed by atoms with Gasteiger partial charge < -0.3 is 81.1 Å². The summed E-state index contributed by atoms with van der Waals surface area (Å²) >= 11 is 0. The molecule has 4 saturated heterocycles. The van der Waals surface area contributed by atoms with Gasteiger partial charge in [-0.1, -0.05) is 230 Å². The average molecular weight is 1430 g/mol. The Morgan fingerprint density at radius 2 is 0.750 bits per heavy atom. The van der Waals surface area contributed by atoms with Gasteiger partial charge in [-0.15, -0.1) is 0 Å². The maximum atomic E-state index is 14.6. The number of carbonyl (C=O) groups is 4. The molecule has 21 heteroatoms. The van der Waals surface area contributed by atoms with Crippen LogP contribution in [0.2, 0.25) is 0 Å². The smallest absolute Gasteiger partial charge is 0.410 e. The van der Waals surface area contributed by atoms with E-state index in [4.69, 9.17) is 71.1 Å². The van der Waals surface area contributed by atoms with E-state index in [1.54, 1.807) is 72.5 Å². The maximum absolute atomic E-state index is 14.6. The maximum Gasteiger partial charge on any atom is 0.410 e. The number of carbonyl (C=O) groups excluding carboxylic acids is 4. The van der Waals surface area contributed by atoms with Gasteiger partial charge in [-0.2, -0.15) is 0 Å². The summed E-state index contributed by atoms with van der Waals surface area (Å²) in [7, 11) is 1.18. The van der Waals surface area contributed by atoms with Crippen molar-refractivity contribution in [2.75, 3.05) is 40.1 Å². The van der Waals surface area contributed by atoms with E-state index in [0.29, 0.717) is 13.2 Å². The monoisotopic (exact) mass is 1430 g/mol. The number of nitrogens with zero attached hydrogens (tertiary/aromatic N) is 1. The molecule has 4 heterocycles. The highest BCUT2D eigenvalue weighted by molar-refractivity contribution is 5.90. The molecule has 11 rings (SSSR count). The molecule has 0 aromatic heterocycles. The normalized spacial score (nSPS) is 29.0. The van der Waals surface area contributed by atoms with Crippen LogP contribution in [0.5, 0.6) is 0 Å². The highest BCUT2D eigenvalue weighted by Gasteiger charge is 2.56. The molecule has 0 bridgehead atoms. The van der Waals surface area contributed by atoms with Crippen molar-refractivity contribution in [3.8, 4) is 0 Å². The predicted molar refractivity (Wildman–Crippen MR) is 381 cm³/mol. The quantitative estimate of drug-likeness (QED) is 0.0314. The second-order valence-corrected chi connectivity index (χ2v) is 27.3. The Morgan fingerprint density at radius 3 is 1.19 bits per heavy atom. The Labute approximate surface area is 609 Å². The summed E-state index contributed by atoms with van der Waals surface area (Å²) in [4.78, 5) is 57.5. The first-order chi connectivity index (χ1) is 50.6. The first-order valence-corrected chi connectivity index (χ1v) is 35.9. The minimum Gasteiger partial charge on any atom is -0.467 e. The number of esters is 3. The van der Waals surface area contributed by atoms with E-state index in [-0.39, 0.29) is 81.7 Å². The lowest BCUT2D eigenvalue weighted by atomic mass is 9.82. The van der Waals surface area contributed by atoms with E-state index in [9.17, 15) is 24.3 Å². The third-order valence-electron chi connectivity index (χ3n) is 20.1. The van der Waals surface area contributed by atoms with Crippen LogP contribution in [0.3, 0.4) is 0 Å². The van der Waals surface area contributed by atoms with Crippen LogP contribution >= 0.6 is 0 Å². The number of ether oxygens (including phenoxy) is 15. The highest BCUT2D eigenvalue weighted by atomic mass is 16.8. The summed E-state index contributed by atoms with van der Waals surface area (Å²) in [6.07, 6.45) is -15.7. The fourth-order valence-electron chi connectivity index (χ4n) is 13.6. The number of aliphatic hydroxyl groups excluding tert-OH is 1. The molecule has 8 unspecified atom stereocenters. The summed E-state index contributed by atoms with van der Waals surface area (Å²) in [5.74, 6) is -5.31. The SMILES string of the molecule is COC(=O)C1O[C@@H](O[C@@H]2C(COCc3ccccc3)O[C@@H](O[C@@H]3C(COCc4ccccc4)O[C@H](O[C@H]4C(COCc5ccccc5)O[C@H](OCCN(Cc5ccccc5)C(=O)OCc5ccccc5)C(C)[C@H]4C)C(C)[C@H]3C)C(OC(=O)c3ccccc3)[C@H]2C)C(OC(=O)c2ccccc2)[C@@H](C)[C@@H]1O. The Balaban J connectivity index is 0.873. The van der Waals surface area contributed by atoms with Gasteiger partial charge in [0.2, 0.25) is 0 Å². The van der Waals surface area contributed by atoms with Gasteiger partial charge in [0.25, 0.3) is 0 Å². The molecule has 1 N–H and O–H groups in total. The molecular formula is C83H97NO20. The van der Waals surface area contributed by atoms with Crippen LogP contribution in [-0.4, -0.2) is 160 Å². The molecule has 20 atom stereocenters. The number of methoxy groups -OCH3 is 1. The van der Waals surface area contributed by atoms with Crippen LogP contribution < -0.4 is 0 Å². The number of hydrogen-bond acceptors (Lipinski definition) is 20. The third-order valence-corrected chi connectivity index (χ3v) is 20.1. The summed E-state index contributed by atoms with van der Waals surface area (Å²) in [6, 6.07) is 65.4. The number of amides is 1. The fraction of sp³-hybridized carbons (Fsp3) is 0.446. The van der Waals surface area contributed by atoms with Gasteiger partial charge in [0.1, 0.15) is 24.9 Å². The van der Waals surface area contributed by atoms with Crippen molar-refractivity contribution in [2.24, 2.45) is 35.5 Å². The molecule has 7 aromatic carbocycles. The molecule has 104 heavy (non-hydrogen) atoms. The third kappa shape index (κ3) is 20.4.